The summed E-state index contributed by atoms with van der Waals surface area (Å²) >= 11 is 3.20. The monoisotopic (exact) mass is 216 g/mol. The van der Waals surface area contributed by atoms with Gasteiger partial charge in [-0.2, -0.15) is 10.4 Å². The highest BCUT2D eigenvalue weighted by Gasteiger charge is 2.24. The number of hydrogen-bond acceptors (Lipinski definition) is 4. The third-order valence-corrected chi connectivity index (χ3v) is 1.97. The van der Waals surface area contributed by atoms with Crippen LogP contribution in [0.1, 0.15) is 13.3 Å². The largest absolute Gasteiger partial charge is 0.261 e. The smallest absolute Gasteiger partial charge is 0.217 e. The van der Waals surface area contributed by atoms with E-state index in [0.29, 0.717) is 0 Å². The van der Waals surface area contributed by atoms with Crippen molar-refractivity contribution in [1.29, 1.82) is 5.26 Å². The Labute approximate surface area is 74.4 Å². The molecule has 0 aromatic heterocycles. The lowest BCUT2D eigenvalue weighted by Gasteiger charge is -2.19. The molecule has 0 saturated heterocycles. The maximum atomic E-state index is 8.69. The molecule has 1 atom stereocenters. The topological polar surface area (TPSA) is 42.6 Å². The van der Waals surface area contributed by atoms with Crippen molar-refractivity contribution in [3.05, 3.63) is 0 Å². The molecule has 60 valence electrons. The van der Waals surface area contributed by atoms with Crippen LogP contribution in [0.5, 0.6) is 0 Å². The molecule has 0 aromatic rings. The van der Waals surface area contributed by atoms with Gasteiger partial charge >= 0.3 is 0 Å². The van der Waals surface area contributed by atoms with E-state index in [0.717, 1.165) is 13.0 Å². The van der Waals surface area contributed by atoms with Crippen LogP contribution in [0.4, 0.5) is 0 Å². The Morgan fingerprint density at radius 2 is 2.55 bits per heavy atom. The van der Waals surface area contributed by atoms with Crippen molar-refractivity contribution in [1.82, 2.24) is 8.93 Å². The average Bonchev–Trinajstić information content (AvgIpc) is 2.33. The molecule has 1 aliphatic rings. The Morgan fingerprint density at radius 1 is 1.82 bits per heavy atom. The molecule has 0 amide bonds. The van der Waals surface area contributed by atoms with Crippen LogP contribution in [0.2, 0.25) is 0 Å². The normalized spacial score (nSPS) is 22.5. The van der Waals surface area contributed by atoms with Crippen LogP contribution < -0.4 is 0 Å². The van der Waals surface area contributed by atoms with Gasteiger partial charge in [0.25, 0.3) is 0 Å². The van der Waals surface area contributed by atoms with Crippen LogP contribution >= 0.6 is 16.1 Å². The Kier molecular flexibility index (Phi) is 2.71. The minimum Gasteiger partial charge on any atom is -0.261 e. The van der Waals surface area contributed by atoms with Crippen LogP contribution in [0.3, 0.4) is 0 Å². The molecule has 0 spiro atoms. The van der Waals surface area contributed by atoms with E-state index in [9.17, 15) is 0 Å². The van der Waals surface area contributed by atoms with Crippen molar-refractivity contribution < 1.29 is 0 Å². The Morgan fingerprint density at radius 3 is 3.09 bits per heavy atom. The third kappa shape index (κ3) is 1.63. The van der Waals surface area contributed by atoms with E-state index in [1.165, 1.54) is 0 Å². The average molecular weight is 217 g/mol. The van der Waals surface area contributed by atoms with E-state index in [1.807, 2.05) is 0 Å². The first-order chi connectivity index (χ1) is 5.29. The molecule has 0 aliphatic carbocycles. The minimum atomic E-state index is -0.282. The van der Waals surface area contributed by atoms with Gasteiger partial charge in [-0.3, -0.25) is 8.93 Å². The number of hydrogen-bond donors (Lipinski definition) is 0. The standard InChI is InChI=1S/C6H9BrN4/c1-2-3-11-6(4-8)10(7)5-9-11/h5-6H,2-3H2,1H3. The molecule has 4 nitrogen and oxygen atoms in total. The molecular weight excluding hydrogens is 208 g/mol. The number of hydrazone groups is 1. The van der Waals surface area contributed by atoms with Crippen molar-refractivity contribution in [2.45, 2.75) is 19.5 Å². The maximum Gasteiger partial charge on any atom is 0.217 e. The summed E-state index contributed by atoms with van der Waals surface area (Å²) in [6, 6.07) is 2.13. The zero-order valence-corrected chi connectivity index (χ0v) is 7.82. The lowest BCUT2D eigenvalue weighted by Crippen LogP contribution is -2.33. The van der Waals surface area contributed by atoms with Gasteiger partial charge in [0.1, 0.15) is 12.4 Å². The fourth-order valence-electron chi connectivity index (χ4n) is 0.900. The molecule has 1 heterocycles. The van der Waals surface area contributed by atoms with E-state index < -0.39 is 0 Å². The van der Waals surface area contributed by atoms with E-state index >= 15 is 0 Å². The molecule has 11 heavy (non-hydrogen) atoms. The van der Waals surface area contributed by atoms with Gasteiger partial charge in [0.15, 0.2) is 0 Å². The second kappa shape index (κ2) is 3.58. The quantitative estimate of drug-likeness (QED) is 0.651. The van der Waals surface area contributed by atoms with Crippen molar-refractivity contribution in [3.63, 3.8) is 0 Å². The first-order valence-corrected chi connectivity index (χ1v) is 4.15. The molecular formula is C6H9BrN4. The number of nitrogens with zero attached hydrogens (tertiary/aromatic N) is 4. The van der Waals surface area contributed by atoms with Gasteiger partial charge in [0.05, 0.1) is 16.1 Å². The second-order valence-corrected chi connectivity index (χ2v) is 3.06. The highest BCUT2D eigenvalue weighted by Crippen LogP contribution is 2.14. The van der Waals surface area contributed by atoms with E-state index in [2.05, 4.69) is 34.2 Å². The summed E-state index contributed by atoms with van der Waals surface area (Å²) in [4.78, 5) is 0. The van der Waals surface area contributed by atoms with Gasteiger partial charge in [-0.25, -0.2) is 0 Å². The van der Waals surface area contributed by atoms with Gasteiger partial charge in [0, 0.05) is 6.54 Å². The summed E-state index contributed by atoms with van der Waals surface area (Å²) in [7, 11) is 0. The summed E-state index contributed by atoms with van der Waals surface area (Å²) < 4.78 is 1.61. The van der Waals surface area contributed by atoms with E-state index in [-0.39, 0.29) is 6.17 Å². The third-order valence-electron chi connectivity index (χ3n) is 1.39. The van der Waals surface area contributed by atoms with Crippen molar-refractivity contribution >= 4 is 22.5 Å². The van der Waals surface area contributed by atoms with Crippen molar-refractivity contribution in [2.24, 2.45) is 5.10 Å². The fraction of sp³-hybridized carbons (Fsp3) is 0.667. The lowest BCUT2D eigenvalue weighted by atomic mass is 10.4. The lowest BCUT2D eigenvalue weighted by molar-refractivity contribution is 0.229. The highest BCUT2D eigenvalue weighted by molar-refractivity contribution is 9.07. The molecule has 0 N–H and O–H groups in total. The highest BCUT2D eigenvalue weighted by atomic mass is 79.9. The van der Waals surface area contributed by atoms with Crippen LogP contribution in [0.25, 0.3) is 0 Å². The summed E-state index contributed by atoms with van der Waals surface area (Å²) in [6.45, 7) is 2.87. The molecule has 0 bridgehead atoms. The molecule has 1 rings (SSSR count). The van der Waals surface area contributed by atoms with Crippen LogP contribution in [-0.4, -0.2) is 28.0 Å². The summed E-state index contributed by atoms with van der Waals surface area (Å²) in [5.74, 6) is 0. The summed E-state index contributed by atoms with van der Waals surface area (Å²) in [5, 5.41) is 14.5. The van der Waals surface area contributed by atoms with Gasteiger partial charge in [-0.15, -0.1) is 0 Å². The zero-order chi connectivity index (χ0) is 8.27. The van der Waals surface area contributed by atoms with E-state index in [1.54, 1.807) is 15.3 Å². The van der Waals surface area contributed by atoms with E-state index in [4.69, 9.17) is 5.26 Å². The van der Waals surface area contributed by atoms with Gasteiger partial charge in [0.2, 0.25) is 6.17 Å². The SMILES string of the molecule is CCCN1N=CN(Br)C1C#N. The molecule has 1 aliphatic heterocycles. The first-order valence-electron chi connectivity index (χ1n) is 3.44. The molecule has 0 fully saturated rings. The zero-order valence-electron chi connectivity index (χ0n) is 6.24. The predicted octanol–water partition coefficient (Wildman–Crippen LogP) is 1.12. The van der Waals surface area contributed by atoms with Gasteiger partial charge in [-0.05, 0) is 6.42 Å². The number of halogens is 1. The molecule has 0 aromatic carbocycles. The summed E-state index contributed by atoms with van der Waals surface area (Å²) in [5.41, 5.74) is 0. The van der Waals surface area contributed by atoms with Crippen LogP contribution in [0, 0.1) is 11.3 Å². The molecule has 0 radical (unpaired) electrons. The number of nitriles is 1. The first kappa shape index (κ1) is 8.34. The van der Waals surface area contributed by atoms with Crippen molar-refractivity contribution in [3.8, 4) is 6.07 Å². The van der Waals surface area contributed by atoms with Crippen molar-refractivity contribution in [2.75, 3.05) is 6.54 Å². The van der Waals surface area contributed by atoms with Gasteiger partial charge < -0.3 is 0 Å². The van der Waals surface area contributed by atoms with Gasteiger partial charge in [-0.1, -0.05) is 6.92 Å². The predicted molar refractivity (Wildman–Crippen MR) is 45.7 cm³/mol. The fourth-order valence-corrected chi connectivity index (χ4v) is 1.29. The Bertz CT molecular complexity index is 197. The summed E-state index contributed by atoms with van der Waals surface area (Å²) in [6.07, 6.45) is 2.31. The van der Waals surface area contributed by atoms with Crippen LogP contribution in [0.15, 0.2) is 5.10 Å². The molecule has 5 heteroatoms. The minimum absolute atomic E-state index is 0.282. The Hall–Kier alpha value is -0.760. The second-order valence-electron chi connectivity index (χ2n) is 2.24. The van der Waals surface area contributed by atoms with Crippen LogP contribution in [-0.2, 0) is 0 Å². The molecule has 1 unspecified atom stereocenters. The Balaban J connectivity index is 2.55. The number of rotatable bonds is 2. The maximum absolute atomic E-state index is 8.69. The molecule has 0 saturated carbocycles.